The first-order chi connectivity index (χ1) is 8.40. The van der Waals surface area contributed by atoms with E-state index in [-0.39, 0.29) is 0 Å². The van der Waals surface area contributed by atoms with E-state index in [1.165, 1.54) is 0 Å². The quantitative estimate of drug-likeness (QED) is 0.699. The Morgan fingerprint density at radius 2 is 1.82 bits per heavy atom. The molecule has 17 heavy (non-hydrogen) atoms. The van der Waals surface area contributed by atoms with Crippen molar-refractivity contribution < 1.29 is 0 Å². The van der Waals surface area contributed by atoms with Gasteiger partial charge < -0.3 is 10.6 Å². The van der Waals surface area contributed by atoms with E-state index in [4.69, 9.17) is 5.73 Å². The zero-order valence-corrected chi connectivity index (χ0v) is 9.84. The molecule has 1 fully saturated rings. The molecule has 0 atom stereocenters. The first-order valence-electron chi connectivity index (χ1n) is 5.80. The number of piperazine rings is 1. The number of nitrogens with two attached hydrogens (primary N) is 1. The Kier molecular flexibility index (Phi) is 4.30. The Bertz CT molecular complexity index is 386. The van der Waals surface area contributed by atoms with Gasteiger partial charge in [-0.05, 0) is 6.07 Å². The maximum absolute atomic E-state index is 5.33. The molecule has 0 radical (unpaired) electrons. The number of aromatic nitrogens is 2. The molecule has 0 saturated carbocycles. The summed E-state index contributed by atoms with van der Waals surface area (Å²) in [6.07, 6.45) is 3.56. The van der Waals surface area contributed by atoms with Crippen LogP contribution in [0.4, 0.5) is 5.95 Å². The molecule has 2 rings (SSSR count). The average molecular weight is 231 g/mol. The Labute approximate surface area is 102 Å². The van der Waals surface area contributed by atoms with Crippen LogP contribution in [-0.4, -0.2) is 54.1 Å². The molecule has 0 spiro atoms. The number of hydrogen-bond acceptors (Lipinski definition) is 5. The molecule has 1 aliphatic rings. The lowest BCUT2D eigenvalue weighted by Crippen LogP contribution is -2.47. The summed E-state index contributed by atoms with van der Waals surface area (Å²) in [5.41, 5.74) is 5.33. The van der Waals surface area contributed by atoms with Crippen molar-refractivity contribution in [2.75, 3.05) is 44.2 Å². The molecule has 0 bridgehead atoms. The largest absolute Gasteiger partial charge is 0.338 e. The molecular weight excluding hydrogens is 214 g/mol. The highest BCUT2D eigenvalue weighted by atomic mass is 15.3. The fourth-order valence-corrected chi connectivity index (χ4v) is 1.80. The van der Waals surface area contributed by atoms with Crippen LogP contribution in [0.3, 0.4) is 0 Å². The van der Waals surface area contributed by atoms with E-state index in [0.29, 0.717) is 6.54 Å². The molecule has 1 saturated heterocycles. The molecule has 0 amide bonds. The van der Waals surface area contributed by atoms with Crippen LogP contribution in [0, 0.1) is 11.8 Å². The third-order valence-electron chi connectivity index (χ3n) is 2.74. The zero-order chi connectivity index (χ0) is 11.9. The first kappa shape index (κ1) is 11.8. The zero-order valence-electron chi connectivity index (χ0n) is 9.84. The predicted octanol–water partition coefficient (Wildman–Crippen LogP) is -0.439. The maximum atomic E-state index is 5.33. The van der Waals surface area contributed by atoms with Crippen LogP contribution in [0.5, 0.6) is 0 Å². The second-order valence-corrected chi connectivity index (χ2v) is 3.87. The van der Waals surface area contributed by atoms with Crippen molar-refractivity contribution in [3.05, 3.63) is 18.5 Å². The minimum atomic E-state index is 0.442. The smallest absolute Gasteiger partial charge is 0.225 e. The third-order valence-corrected chi connectivity index (χ3v) is 2.74. The van der Waals surface area contributed by atoms with Crippen LogP contribution in [0.15, 0.2) is 18.5 Å². The van der Waals surface area contributed by atoms with Crippen molar-refractivity contribution in [2.45, 2.75) is 0 Å². The fourth-order valence-electron chi connectivity index (χ4n) is 1.80. The minimum absolute atomic E-state index is 0.442. The lowest BCUT2D eigenvalue weighted by molar-refractivity contribution is 0.286. The van der Waals surface area contributed by atoms with Crippen LogP contribution < -0.4 is 10.6 Å². The molecule has 1 aliphatic heterocycles. The van der Waals surface area contributed by atoms with Crippen molar-refractivity contribution >= 4 is 5.95 Å². The fraction of sp³-hybridized carbons (Fsp3) is 0.500. The predicted molar refractivity (Wildman–Crippen MR) is 67.5 cm³/mol. The van der Waals surface area contributed by atoms with Crippen LogP contribution in [-0.2, 0) is 0 Å². The molecule has 2 N–H and O–H groups in total. The molecule has 0 aliphatic carbocycles. The van der Waals surface area contributed by atoms with Gasteiger partial charge in [0.25, 0.3) is 0 Å². The van der Waals surface area contributed by atoms with Crippen molar-refractivity contribution in [2.24, 2.45) is 5.73 Å². The molecule has 0 aromatic carbocycles. The van der Waals surface area contributed by atoms with E-state index in [0.717, 1.165) is 38.7 Å². The SMILES string of the molecule is NCC#CCN1CCN(c2ncccn2)CC1. The topological polar surface area (TPSA) is 58.3 Å². The van der Waals surface area contributed by atoms with Gasteiger partial charge in [-0.1, -0.05) is 11.8 Å². The van der Waals surface area contributed by atoms with Crippen LogP contribution in [0.2, 0.25) is 0 Å². The van der Waals surface area contributed by atoms with E-state index in [2.05, 4.69) is 31.6 Å². The number of anilines is 1. The number of nitrogens with zero attached hydrogens (tertiary/aromatic N) is 4. The summed E-state index contributed by atoms with van der Waals surface area (Å²) >= 11 is 0. The second-order valence-electron chi connectivity index (χ2n) is 3.87. The minimum Gasteiger partial charge on any atom is -0.338 e. The van der Waals surface area contributed by atoms with Gasteiger partial charge >= 0.3 is 0 Å². The average Bonchev–Trinajstić information content (AvgIpc) is 2.41. The van der Waals surface area contributed by atoms with Gasteiger partial charge in [0.2, 0.25) is 5.95 Å². The van der Waals surface area contributed by atoms with Gasteiger partial charge in [-0.3, -0.25) is 4.90 Å². The molecule has 0 unspecified atom stereocenters. The summed E-state index contributed by atoms with van der Waals surface area (Å²) in [6.45, 7) is 5.15. The second kappa shape index (κ2) is 6.18. The van der Waals surface area contributed by atoms with Gasteiger partial charge in [-0.2, -0.15) is 0 Å². The highest BCUT2D eigenvalue weighted by molar-refractivity contribution is 5.29. The standard InChI is InChI=1S/C12H17N5/c13-4-1-2-7-16-8-10-17(11-9-16)12-14-5-3-6-15-12/h3,5-6H,4,7-11,13H2. The van der Waals surface area contributed by atoms with Crippen molar-refractivity contribution in [1.82, 2.24) is 14.9 Å². The molecule has 5 nitrogen and oxygen atoms in total. The van der Waals surface area contributed by atoms with Gasteiger partial charge in [0.15, 0.2) is 0 Å². The van der Waals surface area contributed by atoms with E-state index in [9.17, 15) is 0 Å². The van der Waals surface area contributed by atoms with Gasteiger partial charge in [0.1, 0.15) is 0 Å². The van der Waals surface area contributed by atoms with Gasteiger partial charge in [-0.15, -0.1) is 0 Å². The van der Waals surface area contributed by atoms with Gasteiger partial charge in [0, 0.05) is 38.6 Å². The van der Waals surface area contributed by atoms with Crippen LogP contribution in [0.25, 0.3) is 0 Å². The lowest BCUT2D eigenvalue weighted by atomic mass is 10.3. The van der Waals surface area contributed by atoms with Crippen LogP contribution in [0.1, 0.15) is 0 Å². The van der Waals surface area contributed by atoms with Crippen molar-refractivity contribution in [3.8, 4) is 11.8 Å². The molecule has 5 heteroatoms. The number of hydrogen-bond donors (Lipinski definition) is 1. The molecule has 2 heterocycles. The molecule has 90 valence electrons. The summed E-state index contributed by atoms with van der Waals surface area (Å²) in [7, 11) is 0. The summed E-state index contributed by atoms with van der Waals surface area (Å²) in [5, 5.41) is 0. The summed E-state index contributed by atoms with van der Waals surface area (Å²) in [5.74, 6) is 6.77. The third kappa shape index (κ3) is 3.41. The van der Waals surface area contributed by atoms with E-state index in [1.54, 1.807) is 12.4 Å². The van der Waals surface area contributed by atoms with E-state index < -0.39 is 0 Å². The summed E-state index contributed by atoms with van der Waals surface area (Å²) in [4.78, 5) is 13.0. The Hall–Kier alpha value is -1.64. The Morgan fingerprint density at radius 3 is 2.47 bits per heavy atom. The first-order valence-corrected chi connectivity index (χ1v) is 5.80. The van der Waals surface area contributed by atoms with Crippen LogP contribution >= 0.6 is 0 Å². The van der Waals surface area contributed by atoms with Crippen molar-refractivity contribution in [1.29, 1.82) is 0 Å². The highest BCUT2D eigenvalue weighted by Gasteiger charge is 2.17. The summed E-state index contributed by atoms with van der Waals surface area (Å²) in [6, 6.07) is 1.84. The monoisotopic (exact) mass is 231 g/mol. The Morgan fingerprint density at radius 1 is 1.12 bits per heavy atom. The Balaban J connectivity index is 1.82. The van der Waals surface area contributed by atoms with Gasteiger partial charge in [0.05, 0.1) is 13.1 Å². The highest BCUT2D eigenvalue weighted by Crippen LogP contribution is 2.08. The number of rotatable bonds is 2. The molecular formula is C12H17N5. The van der Waals surface area contributed by atoms with E-state index >= 15 is 0 Å². The van der Waals surface area contributed by atoms with Crippen molar-refractivity contribution in [3.63, 3.8) is 0 Å². The molecule has 1 aromatic heterocycles. The van der Waals surface area contributed by atoms with E-state index in [1.807, 2.05) is 6.07 Å². The van der Waals surface area contributed by atoms with Gasteiger partial charge in [-0.25, -0.2) is 9.97 Å². The lowest BCUT2D eigenvalue weighted by Gasteiger charge is -2.33. The summed E-state index contributed by atoms with van der Waals surface area (Å²) < 4.78 is 0. The maximum Gasteiger partial charge on any atom is 0.225 e. The normalized spacial score (nSPS) is 16.4. The molecule has 1 aromatic rings.